The van der Waals surface area contributed by atoms with Crippen LogP contribution in [0.1, 0.15) is 25.6 Å². The van der Waals surface area contributed by atoms with E-state index < -0.39 is 11.9 Å². The minimum absolute atomic E-state index is 0.169. The zero-order chi connectivity index (χ0) is 16.7. The molecule has 2 rings (SSSR count). The maximum atomic E-state index is 11.6. The number of rotatable bonds is 6. The second kappa shape index (κ2) is 7.85. The van der Waals surface area contributed by atoms with Crippen molar-refractivity contribution in [2.24, 2.45) is 5.10 Å². The molecule has 0 saturated carbocycles. The van der Waals surface area contributed by atoms with Gasteiger partial charge in [-0.2, -0.15) is 5.10 Å². The van der Waals surface area contributed by atoms with Gasteiger partial charge in [0.1, 0.15) is 0 Å². The SMILES string of the molecule is O=C(CNC(=O)c1cccs1)N/N=C/c1ccc(C(=O)O)cc1. The molecule has 8 heteroatoms. The summed E-state index contributed by atoms with van der Waals surface area (Å²) in [5, 5.41) is 16.8. The van der Waals surface area contributed by atoms with Crippen LogP contribution in [0.25, 0.3) is 0 Å². The number of aromatic carboxylic acids is 1. The molecule has 0 spiro atoms. The van der Waals surface area contributed by atoms with Gasteiger partial charge in [0.05, 0.1) is 23.2 Å². The average Bonchev–Trinajstić information content (AvgIpc) is 3.07. The van der Waals surface area contributed by atoms with Gasteiger partial charge in [0.2, 0.25) is 0 Å². The first-order chi connectivity index (χ1) is 11.1. The van der Waals surface area contributed by atoms with E-state index in [-0.39, 0.29) is 18.0 Å². The van der Waals surface area contributed by atoms with E-state index in [1.54, 1.807) is 29.6 Å². The van der Waals surface area contributed by atoms with E-state index in [0.29, 0.717) is 10.4 Å². The molecular formula is C15H13N3O4S. The van der Waals surface area contributed by atoms with Gasteiger partial charge in [0, 0.05) is 0 Å². The van der Waals surface area contributed by atoms with Crippen LogP contribution in [0.2, 0.25) is 0 Å². The zero-order valence-electron chi connectivity index (χ0n) is 11.9. The zero-order valence-corrected chi connectivity index (χ0v) is 12.7. The van der Waals surface area contributed by atoms with Crippen LogP contribution in [0.15, 0.2) is 46.9 Å². The second-order valence-electron chi connectivity index (χ2n) is 4.38. The number of benzene rings is 1. The summed E-state index contributed by atoms with van der Waals surface area (Å²) in [5.41, 5.74) is 3.08. The summed E-state index contributed by atoms with van der Waals surface area (Å²) in [5.74, 6) is -1.79. The summed E-state index contributed by atoms with van der Waals surface area (Å²) >= 11 is 1.29. The number of hydrogen-bond acceptors (Lipinski definition) is 5. The molecule has 23 heavy (non-hydrogen) atoms. The highest BCUT2D eigenvalue weighted by atomic mass is 32.1. The minimum atomic E-state index is -1.01. The van der Waals surface area contributed by atoms with E-state index in [1.165, 1.54) is 29.7 Å². The Labute approximate surface area is 135 Å². The summed E-state index contributed by atoms with van der Waals surface area (Å²) in [7, 11) is 0. The van der Waals surface area contributed by atoms with Gasteiger partial charge in [-0.25, -0.2) is 10.2 Å². The summed E-state index contributed by atoms with van der Waals surface area (Å²) in [6.45, 7) is -0.188. The number of hydrogen-bond donors (Lipinski definition) is 3. The largest absolute Gasteiger partial charge is 0.478 e. The van der Waals surface area contributed by atoms with Gasteiger partial charge < -0.3 is 10.4 Å². The van der Waals surface area contributed by atoms with Gasteiger partial charge in [-0.3, -0.25) is 9.59 Å². The van der Waals surface area contributed by atoms with Crippen molar-refractivity contribution in [3.8, 4) is 0 Å². The lowest BCUT2D eigenvalue weighted by Crippen LogP contribution is -2.34. The minimum Gasteiger partial charge on any atom is -0.478 e. The van der Waals surface area contributed by atoms with Crippen LogP contribution in [-0.2, 0) is 4.79 Å². The highest BCUT2D eigenvalue weighted by Gasteiger charge is 2.07. The van der Waals surface area contributed by atoms with Crippen LogP contribution in [0.5, 0.6) is 0 Å². The highest BCUT2D eigenvalue weighted by Crippen LogP contribution is 2.07. The van der Waals surface area contributed by atoms with Gasteiger partial charge >= 0.3 is 5.97 Å². The molecule has 0 aliphatic heterocycles. The fourth-order valence-electron chi connectivity index (χ4n) is 1.59. The number of carboxylic acid groups (broad SMARTS) is 1. The lowest BCUT2D eigenvalue weighted by molar-refractivity contribution is -0.120. The van der Waals surface area contributed by atoms with Crippen molar-refractivity contribution in [3.63, 3.8) is 0 Å². The summed E-state index contributed by atoms with van der Waals surface area (Å²) < 4.78 is 0. The average molecular weight is 331 g/mol. The predicted molar refractivity (Wildman–Crippen MR) is 85.8 cm³/mol. The molecule has 0 saturated heterocycles. The third-order valence-corrected chi connectivity index (χ3v) is 3.58. The number of carboxylic acids is 1. The molecule has 2 aromatic rings. The monoisotopic (exact) mass is 331 g/mol. The molecule has 0 unspecified atom stereocenters. The van der Waals surface area contributed by atoms with Gasteiger partial charge in [0.15, 0.2) is 0 Å². The number of nitrogens with zero attached hydrogens (tertiary/aromatic N) is 1. The molecule has 0 atom stereocenters. The fourth-order valence-corrected chi connectivity index (χ4v) is 2.23. The van der Waals surface area contributed by atoms with E-state index in [1.807, 2.05) is 0 Å². The first kappa shape index (κ1) is 16.4. The highest BCUT2D eigenvalue weighted by molar-refractivity contribution is 7.12. The number of carbonyl (C=O) groups excluding carboxylic acids is 2. The van der Waals surface area contributed by atoms with E-state index in [2.05, 4.69) is 15.8 Å². The molecule has 3 N–H and O–H groups in total. The normalized spacial score (nSPS) is 10.4. The van der Waals surface area contributed by atoms with Crippen molar-refractivity contribution < 1.29 is 19.5 Å². The van der Waals surface area contributed by atoms with Crippen molar-refractivity contribution in [1.29, 1.82) is 0 Å². The number of thiophene rings is 1. The molecule has 7 nitrogen and oxygen atoms in total. The van der Waals surface area contributed by atoms with E-state index in [4.69, 9.17) is 5.11 Å². The Kier molecular flexibility index (Phi) is 5.59. The molecule has 0 fully saturated rings. The molecular weight excluding hydrogens is 318 g/mol. The molecule has 118 valence electrons. The Bertz CT molecular complexity index is 724. The van der Waals surface area contributed by atoms with E-state index >= 15 is 0 Å². The van der Waals surface area contributed by atoms with Gasteiger partial charge in [-0.1, -0.05) is 18.2 Å². The van der Waals surface area contributed by atoms with Crippen molar-refractivity contribution >= 4 is 35.3 Å². The van der Waals surface area contributed by atoms with Gasteiger partial charge in [-0.05, 0) is 29.1 Å². The standard InChI is InChI=1S/C15H13N3O4S/c19-13(9-16-14(20)12-2-1-7-23-12)18-17-8-10-3-5-11(6-4-10)15(21)22/h1-8H,9H2,(H,16,20)(H,18,19)(H,21,22)/b17-8+. The Balaban J connectivity index is 1.77. The van der Waals surface area contributed by atoms with Crippen molar-refractivity contribution in [3.05, 3.63) is 57.8 Å². The Morgan fingerprint density at radius 3 is 2.52 bits per heavy atom. The molecule has 2 amide bonds. The fraction of sp³-hybridized carbons (Fsp3) is 0.0667. The van der Waals surface area contributed by atoms with Crippen LogP contribution in [0.3, 0.4) is 0 Å². The second-order valence-corrected chi connectivity index (χ2v) is 5.33. The summed E-state index contributed by atoms with van der Waals surface area (Å²) in [4.78, 5) is 34.4. The number of hydrazone groups is 1. The Morgan fingerprint density at radius 2 is 1.91 bits per heavy atom. The Morgan fingerprint density at radius 1 is 1.17 bits per heavy atom. The van der Waals surface area contributed by atoms with E-state index in [9.17, 15) is 14.4 Å². The molecule has 0 radical (unpaired) electrons. The van der Waals surface area contributed by atoms with Gasteiger partial charge in [0.25, 0.3) is 11.8 Å². The first-order valence-corrected chi connectivity index (χ1v) is 7.41. The van der Waals surface area contributed by atoms with Crippen LogP contribution < -0.4 is 10.7 Å². The molecule has 0 aliphatic rings. The van der Waals surface area contributed by atoms with Gasteiger partial charge in [-0.15, -0.1) is 11.3 Å². The van der Waals surface area contributed by atoms with E-state index in [0.717, 1.165) is 0 Å². The topological polar surface area (TPSA) is 108 Å². The maximum absolute atomic E-state index is 11.6. The summed E-state index contributed by atoms with van der Waals surface area (Å²) in [6.07, 6.45) is 1.38. The third-order valence-electron chi connectivity index (χ3n) is 2.71. The van der Waals surface area contributed by atoms with Crippen molar-refractivity contribution in [2.75, 3.05) is 6.54 Å². The number of carbonyl (C=O) groups is 3. The first-order valence-electron chi connectivity index (χ1n) is 6.53. The van der Waals surface area contributed by atoms with Crippen LogP contribution >= 0.6 is 11.3 Å². The van der Waals surface area contributed by atoms with Crippen molar-refractivity contribution in [2.45, 2.75) is 0 Å². The third kappa shape index (κ3) is 5.04. The van der Waals surface area contributed by atoms with Crippen LogP contribution in [-0.4, -0.2) is 35.6 Å². The molecule has 0 aliphatic carbocycles. The van der Waals surface area contributed by atoms with Crippen molar-refractivity contribution in [1.82, 2.24) is 10.7 Å². The quantitative estimate of drug-likeness (QED) is 0.548. The van der Waals surface area contributed by atoms with Crippen LogP contribution in [0.4, 0.5) is 0 Å². The Hall–Kier alpha value is -3.00. The molecule has 1 heterocycles. The molecule has 1 aromatic heterocycles. The lowest BCUT2D eigenvalue weighted by Gasteiger charge is -2.02. The number of amides is 2. The number of nitrogens with one attached hydrogen (secondary N) is 2. The molecule has 0 bridgehead atoms. The maximum Gasteiger partial charge on any atom is 0.335 e. The van der Waals surface area contributed by atoms with Crippen LogP contribution in [0, 0.1) is 0 Å². The summed E-state index contributed by atoms with van der Waals surface area (Å²) in [6, 6.07) is 9.42. The molecule has 1 aromatic carbocycles. The smallest absolute Gasteiger partial charge is 0.335 e. The predicted octanol–water partition coefficient (Wildman–Crippen LogP) is 1.33. The lowest BCUT2D eigenvalue weighted by atomic mass is 10.1.